The second kappa shape index (κ2) is 6.83. The van der Waals surface area contributed by atoms with Gasteiger partial charge in [-0.1, -0.05) is 0 Å². The lowest BCUT2D eigenvalue weighted by Crippen LogP contribution is -2.45. The summed E-state index contributed by atoms with van der Waals surface area (Å²) in [5.41, 5.74) is 0.991. The van der Waals surface area contributed by atoms with Crippen molar-refractivity contribution in [2.24, 2.45) is 5.92 Å². The molecule has 1 aromatic rings. The fourth-order valence-electron chi connectivity index (χ4n) is 3.09. The quantitative estimate of drug-likeness (QED) is 0.852. The topological polar surface area (TPSA) is 49.6 Å². The second-order valence-electron chi connectivity index (χ2n) is 5.85. The summed E-state index contributed by atoms with van der Waals surface area (Å²) in [5, 5.41) is 0. The van der Waals surface area contributed by atoms with Gasteiger partial charge in [0.05, 0.1) is 5.69 Å². The van der Waals surface area contributed by atoms with E-state index in [9.17, 15) is 4.79 Å². The lowest BCUT2D eigenvalue weighted by molar-refractivity contribution is -0.136. The molecule has 116 valence electrons. The Hall–Kier alpha value is -1.01. The molecule has 3 heterocycles. The van der Waals surface area contributed by atoms with Crippen LogP contribution in [0.2, 0.25) is 0 Å². The Morgan fingerprint density at radius 3 is 2.67 bits per heavy atom. The first kappa shape index (κ1) is 14.9. The van der Waals surface area contributed by atoms with E-state index in [1.807, 2.05) is 18.7 Å². The highest BCUT2D eigenvalue weighted by Gasteiger charge is 2.29. The first-order valence-corrected chi connectivity index (χ1v) is 8.88. The third-order valence-electron chi connectivity index (χ3n) is 4.31. The van der Waals surface area contributed by atoms with Crippen LogP contribution in [-0.4, -0.2) is 58.4 Å². The molecule has 0 atom stereocenters. The van der Waals surface area contributed by atoms with Crippen LogP contribution in [-0.2, 0) is 11.3 Å². The summed E-state index contributed by atoms with van der Waals surface area (Å²) in [6, 6.07) is 0. The molecule has 0 radical (unpaired) electrons. The predicted octanol–water partition coefficient (Wildman–Crippen LogP) is 1.77. The van der Waals surface area contributed by atoms with Crippen LogP contribution in [0.25, 0.3) is 0 Å². The van der Waals surface area contributed by atoms with Crippen LogP contribution in [0.3, 0.4) is 0 Å². The molecule has 0 saturated carbocycles. The maximum atomic E-state index is 12.5. The average molecular weight is 309 g/mol. The molecule has 6 heteroatoms. The van der Waals surface area contributed by atoms with Gasteiger partial charge in [0, 0.05) is 44.0 Å². The lowest BCUT2D eigenvalue weighted by Gasteiger charge is -2.35. The van der Waals surface area contributed by atoms with Gasteiger partial charge in [0.15, 0.2) is 5.89 Å². The molecular weight excluding hydrogens is 286 g/mol. The molecule has 0 spiro atoms. The van der Waals surface area contributed by atoms with E-state index in [0.717, 1.165) is 68.7 Å². The summed E-state index contributed by atoms with van der Waals surface area (Å²) in [6.45, 7) is 6.52. The lowest BCUT2D eigenvalue weighted by atomic mass is 9.95. The summed E-state index contributed by atoms with van der Waals surface area (Å²) >= 11 is 1.95. The number of nitrogens with zero attached hydrogens (tertiary/aromatic N) is 3. The number of oxazole rings is 1. The summed E-state index contributed by atoms with van der Waals surface area (Å²) < 4.78 is 5.24. The predicted molar refractivity (Wildman–Crippen MR) is 83.1 cm³/mol. The SMILES string of the molecule is Cc1nc(CN2CCC(C(=O)N3CCSCC3)CC2)co1. The molecule has 2 saturated heterocycles. The van der Waals surface area contributed by atoms with E-state index in [2.05, 4.69) is 14.8 Å². The Morgan fingerprint density at radius 2 is 2.05 bits per heavy atom. The number of aryl methyl sites for hydroxylation is 1. The van der Waals surface area contributed by atoms with Crippen LogP contribution >= 0.6 is 11.8 Å². The van der Waals surface area contributed by atoms with Crippen molar-refractivity contribution in [1.29, 1.82) is 0 Å². The Balaban J connectivity index is 1.47. The number of carbonyl (C=O) groups is 1. The minimum absolute atomic E-state index is 0.225. The minimum Gasteiger partial charge on any atom is -0.449 e. The standard InChI is InChI=1S/C15H23N3O2S/c1-12-16-14(11-20-12)10-17-4-2-13(3-5-17)15(19)18-6-8-21-9-7-18/h11,13H,2-10H2,1H3. The van der Waals surface area contributed by atoms with Gasteiger partial charge in [0.1, 0.15) is 6.26 Å². The summed E-state index contributed by atoms with van der Waals surface area (Å²) in [4.78, 5) is 21.3. The van der Waals surface area contributed by atoms with Crippen molar-refractivity contribution in [2.45, 2.75) is 26.3 Å². The molecule has 21 heavy (non-hydrogen) atoms. The maximum Gasteiger partial charge on any atom is 0.225 e. The van der Waals surface area contributed by atoms with Crippen LogP contribution in [0.1, 0.15) is 24.4 Å². The van der Waals surface area contributed by atoms with Gasteiger partial charge in [-0.2, -0.15) is 11.8 Å². The number of amides is 1. The van der Waals surface area contributed by atoms with E-state index in [1.165, 1.54) is 0 Å². The van der Waals surface area contributed by atoms with Crippen LogP contribution in [0, 0.1) is 12.8 Å². The Morgan fingerprint density at radius 1 is 1.33 bits per heavy atom. The zero-order chi connectivity index (χ0) is 14.7. The Kier molecular flexibility index (Phi) is 4.85. The molecule has 5 nitrogen and oxygen atoms in total. The second-order valence-corrected chi connectivity index (χ2v) is 7.07. The maximum absolute atomic E-state index is 12.5. The van der Waals surface area contributed by atoms with Crippen molar-refractivity contribution in [3.05, 3.63) is 17.8 Å². The summed E-state index contributed by atoms with van der Waals surface area (Å²) in [7, 11) is 0. The van der Waals surface area contributed by atoms with Gasteiger partial charge >= 0.3 is 0 Å². The van der Waals surface area contributed by atoms with E-state index < -0.39 is 0 Å². The van der Waals surface area contributed by atoms with Gasteiger partial charge in [-0.3, -0.25) is 9.69 Å². The van der Waals surface area contributed by atoms with Gasteiger partial charge in [-0.15, -0.1) is 0 Å². The zero-order valence-electron chi connectivity index (χ0n) is 12.6. The molecule has 1 aromatic heterocycles. The van der Waals surface area contributed by atoms with Crippen LogP contribution in [0.15, 0.2) is 10.7 Å². The molecule has 2 aliphatic rings. The highest BCUT2D eigenvalue weighted by Crippen LogP contribution is 2.22. The monoisotopic (exact) mass is 309 g/mol. The molecule has 2 fully saturated rings. The fourth-order valence-corrected chi connectivity index (χ4v) is 3.99. The first-order valence-electron chi connectivity index (χ1n) is 7.72. The van der Waals surface area contributed by atoms with E-state index in [4.69, 9.17) is 4.42 Å². The van der Waals surface area contributed by atoms with Gasteiger partial charge in [0.2, 0.25) is 5.91 Å². The third kappa shape index (κ3) is 3.80. The Bertz CT molecular complexity index is 477. The molecule has 3 rings (SSSR count). The number of likely N-dealkylation sites (tertiary alicyclic amines) is 1. The van der Waals surface area contributed by atoms with Gasteiger partial charge in [-0.05, 0) is 25.9 Å². The van der Waals surface area contributed by atoms with Gasteiger partial charge in [-0.25, -0.2) is 4.98 Å². The number of aromatic nitrogens is 1. The van der Waals surface area contributed by atoms with Crippen molar-refractivity contribution < 1.29 is 9.21 Å². The van der Waals surface area contributed by atoms with E-state index in [-0.39, 0.29) is 5.92 Å². The van der Waals surface area contributed by atoms with Gasteiger partial charge in [0.25, 0.3) is 0 Å². The first-order chi connectivity index (χ1) is 10.2. The normalized spacial score (nSPS) is 21.7. The zero-order valence-corrected chi connectivity index (χ0v) is 13.4. The van der Waals surface area contributed by atoms with Crippen molar-refractivity contribution in [2.75, 3.05) is 37.7 Å². The minimum atomic E-state index is 0.225. The third-order valence-corrected chi connectivity index (χ3v) is 5.25. The van der Waals surface area contributed by atoms with Crippen LogP contribution in [0.5, 0.6) is 0 Å². The smallest absolute Gasteiger partial charge is 0.225 e. The number of thioether (sulfide) groups is 1. The number of rotatable bonds is 3. The van der Waals surface area contributed by atoms with Crippen LogP contribution in [0.4, 0.5) is 0 Å². The van der Waals surface area contributed by atoms with E-state index in [0.29, 0.717) is 5.91 Å². The molecule has 0 bridgehead atoms. The molecule has 0 aliphatic carbocycles. The van der Waals surface area contributed by atoms with E-state index in [1.54, 1.807) is 6.26 Å². The molecule has 2 aliphatic heterocycles. The van der Waals surface area contributed by atoms with Gasteiger partial charge < -0.3 is 9.32 Å². The van der Waals surface area contributed by atoms with Crippen molar-refractivity contribution in [1.82, 2.24) is 14.8 Å². The number of hydrogen-bond acceptors (Lipinski definition) is 5. The summed E-state index contributed by atoms with van der Waals surface area (Å²) in [5.74, 6) is 3.51. The fraction of sp³-hybridized carbons (Fsp3) is 0.733. The van der Waals surface area contributed by atoms with Crippen molar-refractivity contribution >= 4 is 17.7 Å². The van der Waals surface area contributed by atoms with Crippen LogP contribution < -0.4 is 0 Å². The summed E-state index contributed by atoms with van der Waals surface area (Å²) in [6.07, 6.45) is 3.68. The number of hydrogen-bond donors (Lipinski definition) is 0. The van der Waals surface area contributed by atoms with Crippen molar-refractivity contribution in [3.8, 4) is 0 Å². The Labute approximate surface area is 130 Å². The highest BCUT2D eigenvalue weighted by atomic mass is 32.2. The molecule has 0 N–H and O–H groups in total. The molecule has 0 unspecified atom stereocenters. The number of carbonyl (C=O) groups excluding carboxylic acids is 1. The average Bonchev–Trinajstić information content (AvgIpc) is 2.93. The molecular formula is C15H23N3O2S. The highest BCUT2D eigenvalue weighted by molar-refractivity contribution is 7.99. The number of piperidine rings is 1. The largest absolute Gasteiger partial charge is 0.449 e. The molecule has 1 amide bonds. The van der Waals surface area contributed by atoms with Crippen molar-refractivity contribution in [3.63, 3.8) is 0 Å². The molecule has 0 aromatic carbocycles. The van der Waals surface area contributed by atoms with E-state index >= 15 is 0 Å².